The van der Waals surface area contributed by atoms with Gasteiger partial charge in [0.25, 0.3) is 5.91 Å². The predicted molar refractivity (Wildman–Crippen MR) is 72.4 cm³/mol. The average molecular weight is 312 g/mol. The second-order valence-corrected chi connectivity index (χ2v) is 5.94. The summed E-state index contributed by atoms with van der Waals surface area (Å²) in [6.07, 6.45) is 0. The zero-order valence-electron chi connectivity index (χ0n) is 11.1. The fourth-order valence-corrected chi connectivity index (χ4v) is 2.23. The molecule has 0 atom stereocenters. The van der Waals surface area contributed by atoms with Crippen LogP contribution in [0.15, 0.2) is 39.6 Å². The van der Waals surface area contributed by atoms with E-state index >= 15 is 0 Å². The van der Waals surface area contributed by atoms with E-state index in [4.69, 9.17) is 9.56 Å². The number of furan rings is 1. The summed E-state index contributed by atoms with van der Waals surface area (Å²) in [4.78, 5) is 11.4. The minimum absolute atomic E-state index is 0.100. The van der Waals surface area contributed by atoms with Crippen molar-refractivity contribution in [3.63, 3.8) is 0 Å². The third-order valence-corrected chi connectivity index (χ3v) is 3.64. The van der Waals surface area contributed by atoms with Crippen LogP contribution in [0.1, 0.15) is 21.9 Å². The molecule has 0 unspecified atom stereocenters. The molecule has 112 valence electrons. The Bertz CT molecular complexity index is 783. The maximum Gasteiger partial charge on any atom is 0.254 e. The van der Waals surface area contributed by atoms with E-state index in [1.54, 1.807) is 19.1 Å². The van der Waals surface area contributed by atoms with Crippen molar-refractivity contribution in [3.05, 3.63) is 53.2 Å². The summed E-state index contributed by atoms with van der Waals surface area (Å²) in [5.41, 5.74) is -0.273. The van der Waals surface area contributed by atoms with E-state index in [1.807, 2.05) is 0 Å². The lowest BCUT2D eigenvalue weighted by Crippen LogP contribution is -2.24. The summed E-state index contributed by atoms with van der Waals surface area (Å²) >= 11 is 0. The van der Waals surface area contributed by atoms with Gasteiger partial charge in [0, 0.05) is 0 Å². The van der Waals surface area contributed by atoms with Gasteiger partial charge in [-0.05, 0) is 37.3 Å². The Morgan fingerprint density at radius 2 is 2.05 bits per heavy atom. The van der Waals surface area contributed by atoms with Crippen molar-refractivity contribution in [2.24, 2.45) is 5.14 Å². The molecule has 2 aromatic rings. The van der Waals surface area contributed by atoms with Crippen LogP contribution < -0.4 is 10.5 Å². The lowest BCUT2D eigenvalue weighted by Gasteiger charge is -2.06. The van der Waals surface area contributed by atoms with E-state index in [-0.39, 0.29) is 12.1 Å². The third kappa shape index (κ3) is 3.67. The first-order valence-electron chi connectivity index (χ1n) is 5.93. The van der Waals surface area contributed by atoms with Crippen molar-refractivity contribution < 1.29 is 22.0 Å². The number of carbonyl (C=O) groups excluding carboxylic acids is 1. The van der Waals surface area contributed by atoms with Gasteiger partial charge in [-0.1, -0.05) is 0 Å². The largest absolute Gasteiger partial charge is 0.465 e. The van der Waals surface area contributed by atoms with Crippen LogP contribution in [0.4, 0.5) is 4.39 Å². The summed E-state index contributed by atoms with van der Waals surface area (Å²) in [6, 6.07) is 6.28. The van der Waals surface area contributed by atoms with Crippen LogP contribution >= 0.6 is 0 Å². The van der Waals surface area contributed by atoms with Crippen molar-refractivity contribution in [3.8, 4) is 0 Å². The van der Waals surface area contributed by atoms with E-state index in [9.17, 15) is 17.6 Å². The molecule has 0 radical (unpaired) electrons. The topological polar surface area (TPSA) is 102 Å². The molecule has 0 aliphatic carbocycles. The Balaban J connectivity index is 2.12. The monoisotopic (exact) mass is 312 g/mol. The van der Waals surface area contributed by atoms with E-state index in [0.717, 1.165) is 12.1 Å². The molecular weight excluding hydrogens is 299 g/mol. The summed E-state index contributed by atoms with van der Waals surface area (Å²) < 4.78 is 41.2. The fourth-order valence-electron chi connectivity index (χ4n) is 1.70. The molecule has 0 saturated heterocycles. The molecule has 21 heavy (non-hydrogen) atoms. The summed E-state index contributed by atoms with van der Waals surface area (Å²) in [7, 11) is -4.01. The van der Waals surface area contributed by atoms with Gasteiger partial charge in [0.2, 0.25) is 10.0 Å². The number of primary sulfonamides is 1. The second kappa shape index (κ2) is 5.66. The highest BCUT2D eigenvalue weighted by atomic mass is 32.2. The van der Waals surface area contributed by atoms with Gasteiger partial charge in [-0.2, -0.15) is 0 Å². The minimum Gasteiger partial charge on any atom is -0.465 e. The first kappa shape index (κ1) is 15.2. The van der Waals surface area contributed by atoms with E-state index < -0.39 is 26.6 Å². The summed E-state index contributed by atoms with van der Waals surface area (Å²) in [6.45, 7) is 1.86. The second-order valence-electron chi connectivity index (χ2n) is 4.38. The Morgan fingerprint density at radius 1 is 1.33 bits per heavy atom. The van der Waals surface area contributed by atoms with Crippen LogP contribution in [0, 0.1) is 12.7 Å². The number of sulfonamides is 1. The number of hydrogen-bond donors (Lipinski definition) is 2. The van der Waals surface area contributed by atoms with E-state index in [0.29, 0.717) is 17.6 Å². The zero-order chi connectivity index (χ0) is 15.6. The van der Waals surface area contributed by atoms with Crippen LogP contribution in [0.2, 0.25) is 0 Å². The third-order valence-electron chi connectivity index (χ3n) is 2.73. The Labute approximate surface area is 120 Å². The number of nitrogens with one attached hydrogen (secondary N) is 1. The highest BCUT2D eigenvalue weighted by Gasteiger charge is 2.16. The molecule has 8 heteroatoms. The standard InChI is InChI=1S/C13H13FN2O4S/c1-8-2-3-9(20-8)7-16-13(17)11-5-4-10(6-12(11)14)21(15,18)19/h2-6H,7H2,1H3,(H,16,17)(H2,15,18,19). The molecule has 0 aliphatic rings. The molecule has 1 aromatic carbocycles. The quantitative estimate of drug-likeness (QED) is 0.888. The lowest BCUT2D eigenvalue weighted by molar-refractivity contribution is 0.0943. The Kier molecular flexibility index (Phi) is 4.10. The Morgan fingerprint density at radius 3 is 2.57 bits per heavy atom. The van der Waals surface area contributed by atoms with Gasteiger partial charge in [-0.3, -0.25) is 4.79 Å². The van der Waals surface area contributed by atoms with Crippen molar-refractivity contribution in [2.45, 2.75) is 18.4 Å². The van der Waals surface area contributed by atoms with Crippen molar-refractivity contribution in [1.29, 1.82) is 0 Å². The van der Waals surface area contributed by atoms with Gasteiger partial charge in [0.05, 0.1) is 17.0 Å². The van der Waals surface area contributed by atoms with E-state index in [1.165, 1.54) is 0 Å². The number of benzene rings is 1. The number of nitrogens with two attached hydrogens (primary N) is 1. The molecule has 3 N–H and O–H groups in total. The highest BCUT2D eigenvalue weighted by Crippen LogP contribution is 2.14. The van der Waals surface area contributed by atoms with Gasteiger partial charge in [0.15, 0.2) is 0 Å². The fraction of sp³-hybridized carbons (Fsp3) is 0.154. The molecule has 1 heterocycles. The molecule has 0 aliphatic heterocycles. The molecule has 2 rings (SSSR count). The maximum atomic E-state index is 13.8. The molecule has 1 aromatic heterocycles. The summed E-state index contributed by atoms with van der Waals surface area (Å²) in [5.74, 6) is -0.414. The maximum absolute atomic E-state index is 13.8. The van der Waals surface area contributed by atoms with Crippen molar-refractivity contribution in [1.82, 2.24) is 5.32 Å². The average Bonchev–Trinajstić information content (AvgIpc) is 2.80. The van der Waals surface area contributed by atoms with Crippen molar-refractivity contribution >= 4 is 15.9 Å². The van der Waals surface area contributed by atoms with Gasteiger partial charge < -0.3 is 9.73 Å². The van der Waals surface area contributed by atoms with Crippen LogP contribution in [-0.4, -0.2) is 14.3 Å². The normalized spacial score (nSPS) is 11.4. The first-order valence-corrected chi connectivity index (χ1v) is 7.48. The molecule has 0 spiro atoms. The van der Waals surface area contributed by atoms with Crippen LogP contribution in [0.3, 0.4) is 0 Å². The predicted octanol–water partition coefficient (Wildman–Crippen LogP) is 1.30. The smallest absolute Gasteiger partial charge is 0.254 e. The molecular formula is C13H13FN2O4S. The van der Waals surface area contributed by atoms with Gasteiger partial charge in [-0.15, -0.1) is 0 Å². The lowest BCUT2D eigenvalue weighted by atomic mass is 10.2. The number of rotatable bonds is 4. The molecule has 0 fully saturated rings. The first-order chi connectivity index (χ1) is 9.77. The zero-order valence-corrected chi connectivity index (χ0v) is 11.9. The van der Waals surface area contributed by atoms with Crippen LogP contribution in [0.5, 0.6) is 0 Å². The molecule has 0 saturated carbocycles. The molecule has 6 nitrogen and oxygen atoms in total. The highest BCUT2D eigenvalue weighted by molar-refractivity contribution is 7.89. The van der Waals surface area contributed by atoms with Gasteiger partial charge in [0.1, 0.15) is 17.3 Å². The number of halogens is 1. The SMILES string of the molecule is Cc1ccc(CNC(=O)c2ccc(S(N)(=O)=O)cc2F)o1. The number of carbonyl (C=O) groups is 1. The molecule has 0 bridgehead atoms. The number of hydrogen-bond acceptors (Lipinski definition) is 4. The number of aryl methyl sites for hydroxylation is 1. The minimum atomic E-state index is -4.01. The van der Waals surface area contributed by atoms with Crippen LogP contribution in [0.25, 0.3) is 0 Å². The Hall–Kier alpha value is -2.19. The van der Waals surface area contributed by atoms with E-state index in [2.05, 4.69) is 5.32 Å². The van der Waals surface area contributed by atoms with Gasteiger partial charge in [-0.25, -0.2) is 17.9 Å². The van der Waals surface area contributed by atoms with Crippen molar-refractivity contribution in [2.75, 3.05) is 0 Å². The summed E-state index contributed by atoms with van der Waals surface area (Å²) in [5, 5.41) is 7.36. The number of amides is 1. The van der Waals surface area contributed by atoms with Crippen LogP contribution in [-0.2, 0) is 16.6 Å². The van der Waals surface area contributed by atoms with Gasteiger partial charge >= 0.3 is 0 Å². The molecule has 1 amide bonds.